The molecule has 2 aliphatic rings. The highest BCUT2D eigenvalue weighted by atomic mass is 14.4. The standard InChI is InChI=1S/C80H62/c1-79(2)73-27-13-11-25-69(73)71-47-45-67(51-75(71)79)77(59-37-29-55(30-38-59)53-17-7-5-8-18-53)61-41-33-57(34-42-61)63-21-15-23-65(49-63)66-24-16-22-64(50-66)58-35-43-62(44-36-58)78(60-39-31-56(32-40-60)54-19-9-6-10-20-54)68-46-48-72-70-26-12-14-28-74(70)80(3,4)76(72)52-68/h5-52,77-78H,1-4H3. The number of hydrogen-bond acceptors (Lipinski definition) is 0. The van der Waals surface area contributed by atoms with Gasteiger partial charge in [0, 0.05) is 22.7 Å². The van der Waals surface area contributed by atoms with Crippen molar-refractivity contribution in [3.63, 3.8) is 0 Å². The van der Waals surface area contributed by atoms with Crippen molar-refractivity contribution in [2.45, 2.75) is 50.4 Å². The van der Waals surface area contributed by atoms with Gasteiger partial charge >= 0.3 is 0 Å². The van der Waals surface area contributed by atoms with Gasteiger partial charge in [0.1, 0.15) is 0 Å². The van der Waals surface area contributed by atoms with Crippen LogP contribution < -0.4 is 0 Å². The highest BCUT2D eigenvalue weighted by Gasteiger charge is 2.37. The van der Waals surface area contributed by atoms with Gasteiger partial charge in [-0.25, -0.2) is 0 Å². The molecule has 0 radical (unpaired) electrons. The molecule has 0 spiro atoms. The molecule has 0 heteroatoms. The summed E-state index contributed by atoms with van der Waals surface area (Å²) in [6, 6.07) is 109. The minimum atomic E-state index is -0.0842. The molecule has 12 aromatic carbocycles. The Hall–Kier alpha value is -9.36. The van der Waals surface area contributed by atoms with Crippen molar-refractivity contribution < 1.29 is 0 Å². The van der Waals surface area contributed by atoms with Crippen LogP contribution in [0.5, 0.6) is 0 Å². The second-order valence-electron chi connectivity index (χ2n) is 23.2. The molecule has 12 aromatic rings. The van der Waals surface area contributed by atoms with Gasteiger partial charge in [-0.3, -0.25) is 0 Å². The number of benzene rings is 12. The van der Waals surface area contributed by atoms with Gasteiger partial charge in [0.2, 0.25) is 0 Å². The first-order chi connectivity index (χ1) is 39.2. The Morgan fingerprint density at radius 1 is 0.188 bits per heavy atom. The van der Waals surface area contributed by atoms with Gasteiger partial charge in [-0.05, 0) is 146 Å². The van der Waals surface area contributed by atoms with Gasteiger partial charge in [0.05, 0.1) is 0 Å². The van der Waals surface area contributed by atoms with Crippen molar-refractivity contribution in [2.75, 3.05) is 0 Å². The minimum Gasteiger partial charge on any atom is -0.0622 e. The number of fused-ring (bicyclic) bond motifs is 6. The lowest BCUT2D eigenvalue weighted by Crippen LogP contribution is -2.15. The maximum absolute atomic E-state index is 2.49. The first-order valence-corrected chi connectivity index (χ1v) is 28.4. The number of hydrogen-bond donors (Lipinski definition) is 0. The fraction of sp³-hybridized carbons (Fsp3) is 0.100. The molecule has 2 unspecified atom stereocenters. The zero-order valence-electron chi connectivity index (χ0n) is 45.9. The van der Waals surface area contributed by atoms with E-state index in [0.717, 1.165) is 0 Å². The first kappa shape index (κ1) is 49.0. The van der Waals surface area contributed by atoms with Crippen molar-refractivity contribution in [3.05, 3.63) is 347 Å². The lowest BCUT2D eigenvalue weighted by molar-refractivity contribution is 0.658. The minimum absolute atomic E-state index is 0.0593. The summed E-state index contributed by atoms with van der Waals surface area (Å²) in [6.07, 6.45) is 0. The third kappa shape index (κ3) is 8.64. The van der Waals surface area contributed by atoms with E-state index < -0.39 is 0 Å². The molecule has 0 bridgehead atoms. The van der Waals surface area contributed by atoms with E-state index in [1.165, 1.54) is 134 Å². The topological polar surface area (TPSA) is 0 Å². The van der Waals surface area contributed by atoms with E-state index in [4.69, 9.17) is 0 Å². The summed E-state index contributed by atoms with van der Waals surface area (Å²) < 4.78 is 0. The molecule has 0 amide bonds. The van der Waals surface area contributed by atoms with Gasteiger partial charge in [-0.15, -0.1) is 0 Å². The van der Waals surface area contributed by atoms with E-state index in [2.05, 4.69) is 319 Å². The number of rotatable bonds is 11. The van der Waals surface area contributed by atoms with Crippen LogP contribution in [0.1, 0.15) is 95.2 Å². The molecular formula is C80H62. The van der Waals surface area contributed by atoms with Crippen molar-refractivity contribution >= 4 is 0 Å². The van der Waals surface area contributed by atoms with Crippen LogP contribution in [0.3, 0.4) is 0 Å². The SMILES string of the molecule is CC1(C)c2ccccc2-c2ccc(C(c3ccc(-c4ccccc4)cc3)c3ccc(-c4cccc(-c5cccc(-c6ccc(C(c7ccc(-c8ccccc8)cc7)c7ccc8c(c7)C(C)(C)c7ccccc7-8)cc6)c5)c4)cc3)cc21. The van der Waals surface area contributed by atoms with E-state index in [9.17, 15) is 0 Å². The zero-order chi connectivity index (χ0) is 54.0. The average molecular weight is 1020 g/mol. The Bertz CT molecular complexity index is 3960. The van der Waals surface area contributed by atoms with E-state index in [1.54, 1.807) is 0 Å². The lowest BCUT2D eigenvalue weighted by Gasteiger charge is -2.25. The molecule has 0 fully saturated rings. The van der Waals surface area contributed by atoms with Crippen LogP contribution in [-0.2, 0) is 10.8 Å². The van der Waals surface area contributed by atoms with Crippen molar-refractivity contribution in [3.8, 4) is 77.9 Å². The quantitative estimate of drug-likeness (QED) is 0.113. The van der Waals surface area contributed by atoms with Gasteiger partial charge < -0.3 is 0 Å². The molecule has 0 saturated heterocycles. The van der Waals surface area contributed by atoms with Crippen LogP contribution in [0.25, 0.3) is 77.9 Å². The van der Waals surface area contributed by atoms with Crippen molar-refractivity contribution in [1.29, 1.82) is 0 Å². The molecule has 14 rings (SSSR count). The van der Waals surface area contributed by atoms with E-state index in [1.807, 2.05) is 0 Å². The van der Waals surface area contributed by atoms with Crippen LogP contribution in [-0.4, -0.2) is 0 Å². The molecular weight excluding hydrogens is 961 g/mol. The molecule has 0 aliphatic heterocycles. The predicted octanol–water partition coefficient (Wildman–Crippen LogP) is 21.0. The molecule has 0 heterocycles. The van der Waals surface area contributed by atoms with Gasteiger partial charge in [-0.1, -0.05) is 307 Å². The maximum Gasteiger partial charge on any atom is 0.0340 e. The smallest absolute Gasteiger partial charge is 0.0340 e. The molecule has 0 nitrogen and oxygen atoms in total. The van der Waals surface area contributed by atoms with E-state index in [0.29, 0.717) is 0 Å². The zero-order valence-corrected chi connectivity index (χ0v) is 45.9. The predicted molar refractivity (Wildman–Crippen MR) is 336 cm³/mol. The van der Waals surface area contributed by atoms with Crippen LogP contribution in [0.15, 0.2) is 291 Å². The summed E-state index contributed by atoms with van der Waals surface area (Å²) in [4.78, 5) is 0. The monoisotopic (exact) mass is 1020 g/mol. The molecule has 0 saturated carbocycles. The van der Waals surface area contributed by atoms with Crippen LogP contribution in [0.2, 0.25) is 0 Å². The molecule has 0 aromatic heterocycles. The fourth-order valence-electron chi connectivity index (χ4n) is 13.4. The highest BCUT2D eigenvalue weighted by Crippen LogP contribution is 2.52. The van der Waals surface area contributed by atoms with Gasteiger partial charge in [0.15, 0.2) is 0 Å². The average Bonchev–Trinajstić information content (AvgIpc) is 3.98. The largest absolute Gasteiger partial charge is 0.0622 e. The molecule has 2 atom stereocenters. The third-order valence-corrected chi connectivity index (χ3v) is 17.8. The fourth-order valence-corrected chi connectivity index (χ4v) is 13.4. The highest BCUT2D eigenvalue weighted by molar-refractivity contribution is 5.83. The van der Waals surface area contributed by atoms with Crippen molar-refractivity contribution in [1.82, 2.24) is 0 Å². The summed E-state index contributed by atoms with van der Waals surface area (Å²) in [5.41, 5.74) is 30.7. The molecule has 0 N–H and O–H groups in total. The lowest BCUT2D eigenvalue weighted by atomic mass is 9.78. The summed E-state index contributed by atoms with van der Waals surface area (Å²) in [5.74, 6) is 0.119. The summed E-state index contributed by atoms with van der Waals surface area (Å²) >= 11 is 0. The first-order valence-electron chi connectivity index (χ1n) is 28.4. The van der Waals surface area contributed by atoms with Gasteiger partial charge in [0.25, 0.3) is 0 Å². The summed E-state index contributed by atoms with van der Waals surface area (Å²) in [6.45, 7) is 9.50. The normalized spacial score (nSPS) is 14.1. The van der Waals surface area contributed by atoms with Gasteiger partial charge in [-0.2, -0.15) is 0 Å². The summed E-state index contributed by atoms with van der Waals surface area (Å²) in [5, 5.41) is 0. The van der Waals surface area contributed by atoms with E-state index >= 15 is 0 Å². The Labute approximate surface area is 472 Å². The second kappa shape index (κ2) is 19.8. The Balaban J connectivity index is 0.762. The Morgan fingerprint density at radius 3 is 0.787 bits per heavy atom. The molecule has 382 valence electrons. The molecule has 2 aliphatic carbocycles. The Morgan fingerprint density at radius 2 is 0.438 bits per heavy atom. The van der Waals surface area contributed by atoms with Crippen LogP contribution >= 0.6 is 0 Å². The van der Waals surface area contributed by atoms with Crippen LogP contribution in [0.4, 0.5) is 0 Å². The second-order valence-corrected chi connectivity index (χ2v) is 23.2. The maximum atomic E-state index is 2.49. The third-order valence-electron chi connectivity index (χ3n) is 17.8. The van der Waals surface area contributed by atoms with E-state index in [-0.39, 0.29) is 22.7 Å². The summed E-state index contributed by atoms with van der Waals surface area (Å²) in [7, 11) is 0. The van der Waals surface area contributed by atoms with Crippen molar-refractivity contribution in [2.24, 2.45) is 0 Å². The van der Waals surface area contributed by atoms with Crippen LogP contribution in [0, 0.1) is 0 Å². The Kier molecular flexibility index (Phi) is 12.1. The molecule has 80 heavy (non-hydrogen) atoms.